The Morgan fingerprint density at radius 1 is 0.966 bits per heavy atom. The number of carbonyl (C=O) groups is 1. The summed E-state index contributed by atoms with van der Waals surface area (Å²) in [4.78, 5) is 46.0. The number of nitrogens with one attached hydrogen (secondary N) is 1. The monoisotopic (exact) mass is 394 g/mol. The molecule has 29 heavy (non-hydrogen) atoms. The fourth-order valence-electron chi connectivity index (χ4n) is 2.73. The van der Waals surface area contributed by atoms with Gasteiger partial charge in [0.2, 0.25) is 0 Å². The van der Waals surface area contributed by atoms with Crippen molar-refractivity contribution in [2.45, 2.75) is 6.54 Å². The van der Waals surface area contributed by atoms with Crippen molar-refractivity contribution in [1.29, 1.82) is 0 Å². The summed E-state index contributed by atoms with van der Waals surface area (Å²) < 4.78 is 1.23. The molecule has 0 unspecified atom stereocenters. The molecule has 0 saturated heterocycles. The fourth-order valence-corrected chi connectivity index (χ4v) is 2.73. The maximum Gasteiger partial charge on any atom is 0.292 e. The SMILES string of the molecule is O=C(Nc1ccccc1[N+](=O)[O-])c1cccn(Cc2cccc([N+](=O)[O-])c2)c1=O. The Hall–Kier alpha value is -4.34. The first-order chi connectivity index (χ1) is 13.9. The van der Waals surface area contributed by atoms with Gasteiger partial charge in [0, 0.05) is 24.4 Å². The number of carbonyl (C=O) groups excluding carboxylic acids is 1. The minimum atomic E-state index is -0.794. The van der Waals surface area contributed by atoms with Crippen LogP contribution in [0, 0.1) is 20.2 Å². The van der Waals surface area contributed by atoms with Crippen molar-refractivity contribution in [2.24, 2.45) is 0 Å². The van der Waals surface area contributed by atoms with Gasteiger partial charge in [-0.15, -0.1) is 0 Å². The van der Waals surface area contributed by atoms with Crippen molar-refractivity contribution in [1.82, 2.24) is 4.57 Å². The zero-order chi connectivity index (χ0) is 21.0. The van der Waals surface area contributed by atoms with E-state index < -0.39 is 21.3 Å². The maximum absolute atomic E-state index is 12.7. The molecule has 0 aliphatic carbocycles. The summed E-state index contributed by atoms with van der Waals surface area (Å²) in [6, 6.07) is 14.2. The zero-order valence-electron chi connectivity index (χ0n) is 14.8. The first-order valence-electron chi connectivity index (χ1n) is 8.34. The lowest BCUT2D eigenvalue weighted by Gasteiger charge is -2.09. The van der Waals surface area contributed by atoms with Crippen molar-refractivity contribution in [3.8, 4) is 0 Å². The lowest BCUT2D eigenvalue weighted by Crippen LogP contribution is -2.29. The molecule has 1 amide bonds. The molecular weight excluding hydrogens is 380 g/mol. The summed E-state index contributed by atoms with van der Waals surface area (Å²) in [5, 5.41) is 24.4. The highest BCUT2D eigenvalue weighted by Gasteiger charge is 2.18. The molecule has 1 N–H and O–H groups in total. The van der Waals surface area contributed by atoms with Crippen LogP contribution in [0.25, 0.3) is 0 Å². The second kappa shape index (κ2) is 8.13. The molecule has 0 radical (unpaired) electrons. The van der Waals surface area contributed by atoms with E-state index in [0.29, 0.717) is 5.56 Å². The van der Waals surface area contributed by atoms with Crippen molar-refractivity contribution >= 4 is 23.0 Å². The Morgan fingerprint density at radius 3 is 2.45 bits per heavy atom. The molecule has 3 aromatic rings. The number of pyridine rings is 1. The van der Waals surface area contributed by atoms with Crippen LogP contribution in [0.15, 0.2) is 71.7 Å². The highest BCUT2D eigenvalue weighted by Crippen LogP contribution is 2.23. The molecule has 2 aromatic carbocycles. The summed E-state index contributed by atoms with van der Waals surface area (Å²) in [6.45, 7) is 0.0210. The predicted molar refractivity (Wildman–Crippen MR) is 104 cm³/mol. The number of nitro groups is 2. The van der Waals surface area contributed by atoms with Gasteiger partial charge in [0.15, 0.2) is 0 Å². The van der Waals surface area contributed by atoms with Gasteiger partial charge in [0.1, 0.15) is 11.3 Å². The Bertz CT molecular complexity index is 1170. The molecule has 146 valence electrons. The largest absolute Gasteiger partial charge is 0.316 e. The summed E-state index contributed by atoms with van der Waals surface area (Å²) in [6.07, 6.45) is 1.45. The molecule has 10 nitrogen and oxygen atoms in total. The van der Waals surface area contributed by atoms with Crippen LogP contribution in [0.5, 0.6) is 0 Å². The van der Waals surface area contributed by atoms with E-state index in [1.807, 2.05) is 0 Å². The van der Waals surface area contributed by atoms with E-state index in [0.717, 1.165) is 0 Å². The van der Waals surface area contributed by atoms with Gasteiger partial charge in [0.25, 0.3) is 22.8 Å². The van der Waals surface area contributed by atoms with E-state index in [2.05, 4.69) is 5.32 Å². The minimum Gasteiger partial charge on any atom is -0.316 e. The van der Waals surface area contributed by atoms with Gasteiger partial charge in [-0.05, 0) is 23.8 Å². The van der Waals surface area contributed by atoms with E-state index in [-0.39, 0.29) is 29.2 Å². The topological polar surface area (TPSA) is 137 Å². The molecule has 0 bridgehead atoms. The average Bonchev–Trinajstić information content (AvgIpc) is 2.70. The van der Waals surface area contributed by atoms with Crippen molar-refractivity contribution in [2.75, 3.05) is 5.32 Å². The number of hydrogen-bond acceptors (Lipinski definition) is 6. The number of para-hydroxylation sites is 2. The van der Waals surface area contributed by atoms with E-state index >= 15 is 0 Å². The Morgan fingerprint density at radius 2 is 1.72 bits per heavy atom. The maximum atomic E-state index is 12.7. The van der Waals surface area contributed by atoms with Crippen LogP contribution in [0.1, 0.15) is 15.9 Å². The quantitative estimate of drug-likeness (QED) is 0.504. The molecule has 0 atom stereocenters. The second-order valence-electron chi connectivity index (χ2n) is 6.01. The van der Waals surface area contributed by atoms with Gasteiger partial charge in [-0.3, -0.25) is 29.8 Å². The first kappa shape index (κ1) is 19.4. The number of aromatic nitrogens is 1. The van der Waals surface area contributed by atoms with E-state index in [4.69, 9.17) is 0 Å². The van der Waals surface area contributed by atoms with Gasteiger partial charge < -0.3 is 9.88 Å². The Kier molecular flexibility index (Phi) is 5.44. The van der Waals surface area contributed by atoms with Gasteiger partial charge >= 0.3 is 0 Å². The molecule has 1 heterocycles. The van der Waals surface area contributed by atoms with Gasteiger partial charge in [-0.1, -0.05) is 24.3 Å². The van der Waals surface area contributed by atoms with Crippen LogP contribution in [-0.4, -0.2) is 20.3 Å². The summed E-state index contributed by atoms with van der Waals surface area (Å²) in [7, 11) is 0. The molecule has 0 aliphatic rings. The molecule has 3 rings (SSSR count). The molecule has 0 saturated carbocycles. The number of nitrogens with zero attached hydrogens (tertiary/aromatic N) is 3. The summed E-state index contributed by atoms with van der Waals surface area (Å²) in [5.41, 5.74) is -0.769. The van der Waals surface area contributed by atoms with Crippen molar-refractivity contribution < 1.29 is 14.6 Å². The standard InChI is InChI=1S/C19H14N4O6/c24-18(20-16-8-1-2-9-17(16)23(28)29)15-7-4-10-21(19(15)25)12-13-5-3-6-14(11-13)22(26)27/h1-11H,12H2,(H,20,24). The smallest absolute Gasteiger partial charge is 0.292 e. The van der Waals surface area contributed by atoms with Crippen molar-refractivity contribution in [3.63, 3.8) is 0 Å². The second-order valence-corrected chi connectivity index (χ2v) is 6.01. The van der Waals surface area contributed by atoms with Crippen LogP contribution in [-0.2, 0) is 6.54 Å². The lowest BCUT2D eigenvalue weighted by molar-refractivity contribution is -0.384. The Balaban J connectivity index is 1.88. The molecule has 1 aromatic heterocycles. The van der Waals surface area contributed by atoms with Gasteiger partial charge in [0.05, 0.1) is 16.4 Å². The minimum absolute atomic E-state index is 0.0210. The fraction of sp³-hybridized carbons (Fsp3) is 0.0526. The van der Waals surface area contributed by atoms with Crippen molar-refractivity contribution in [3.05, 3.63) is 109 Å². The third-order valence-corrected chi connectivity index (χ3v) is 4.09. The number of benzene rings is 2. The number of hydrogen-bond donors (Lipinski definition) is 1. The highest BCUT2D eigenvalue weighted by molar-refractivity contribution is 6.05. The van der Waals surface area contributed by atoms with E-state index in [1.165, 1.54) is 65.4 Å². The van der Waals surface area contributed by atoms with Crippen LogP contribution < -0.4 is 10.9 Å². The lowest BCUT2D eigenvalue weighted by atomic mass is 10.2. The predicted octanol–water partition coefficient (Wildman–Crippen LogP) is 2.97. The molecule has 0 aliphatic heterocycles. The number of amides is 1. The van der Waals surface area contributed by atoms with Crippen LogP contribution in [0.2, 0.25) is 0 Å². The molecule has 0 spiro atoms. The molecule has 10 heteroatoms. The number of non-ortho nitro benzene ring substituents is 1. The zero-order valence-corrected chi connectivity index (χ0v) is 14.8. The molecular formula is C19H14N4O6. The summed E-state index contributed by atoms with van der Waals surface area (Å²) in [5.74, 6) is -0.794. The third-order valence-electron chi connectivity index (χ3n) is 4.09. The number of anilines is 1. The van der Waals surface area contributed by atoms with Crippen LogP contribution in [0.4, 0.5) is 17.1 Å². The van der Waals surface area contributed by atoms with Crippen LogP contribution >= 0.6 is 0 Å². The van der Waals surface area contributed by atoms with Gasteiger partial charge in [-0.2, -0.15) is 0 Å². The third kappa shape index (κ3) is 4.33. The number of rotatable bonds is 6. The Labute approximate surface area is 163 Å². The highest BCUT2D eigenvalue weighted by atomic mass is 16.6. The average molecular weight is 394 g/mol. The van der Waals surface area contributed by atoms with Gasteiger partial charge in [-0.25, -0.2) is 0 Å². The first-order valence-corrected chi connectivity index (χ1v) is 8.34. The van der Waals surface area contributed by atoms with E-state index in [9.17, 15) is 29.8 Å². The van der Waals surface area contributed by atoms with Crippen LogP contribution in [0.3, 0.4) is 0 Å². The summed E-state index contributed by atoms with van der Waals surface area (Å²) >= 11 is 0. The molecule has 0 fully saturated rings. The number of nitro benzene ring substituents is 2. The normalized spacial score (nSPS) is 10.3. The van der Waals surface area contributed by atoms with E-state index in [1.54, 1.807) is 6.07 Å².